The first-order valence-corrected chi connectivity index (χ1v) is 7.43. The van der Waals surface area contributed by atoms with Gasteiger partial charge in [-0.2, -0.15) is 0 Å². The molecule has 0 radical (unpaired) electrons. The van der Waals surface area contributed by atoms with E-state index in [1.54, 1.807) is 6.07 Å². The number of phenols is 1. The summed E-state index contributed by atoms with van der Waals surface area (Å²) in [5.41, 5.74) is 0.769. The van der Waals surface area contributed by atoms with Crippen LogP contribution in [0.4, 0.5) is 0 Å². The van der Waals surface area contributed by atoms with E-state index in [1.807, 2.05) is 19.1 Å². The van der Waals surface area contributed by atoms with E-state index in [0.29, 0.717) is 18.9 Å². The van der Waals surface area contributed by atoms with Crippen LogP contribution in [0.25, 0.3) is 0 Å². The highest BCUT2D eigenvalue weighted by Gasteiger charge is 2.30. The highest BCUT2D eigenvalue weighted by atomic mass is 16.5. The predicted molar refractivity (Wildman–Crippen MR) is 79.3 cm³/mol. The number of para-hydroxylation sites is 1. The van der Waals surface area contributed by atoms with Crippen LogP contribution in [0.5, 0.6) is 11.5 Å². The highest BCUT2D eigenvalue weighted by Crippen LogP contribution is 2.31. The summed E-state index contributed by atoms with van der Waals surface area (Å²) in [6.45, 7) is 3.57. The molecular weight excluding hydrogens is 270 g/mol. The number of likely N-dealkylation sites (tertiary alicyclic amines) is 1. The second-order valence-corrected chi connectivity index (χ2v) is 5.20. The standard InChI is InChI=1S/C16H23NO4/c1-3-21-16(19)13-8-4-5-10-17(13)11-12-7-6-9-14(20-2)15(12)18/h6-7,9,13,18H,3-5,8,10-11H2,1-2H3. The van der Waals surface area contributed by atoms with Crippen molar-refractivity contribution in [3.05, 3.63) is 23.8 Å². The van der Waals surface area contributed by atoms with Gasteiger partial charge in [-0.05, 0) is 32.4 Å². The minimum Gasteiger partial charge on any atom is -0.504 e. The molecule has 1 aromatic rings. The van der Waals surface area contributed by atoms with Gasteiger partial charge in [0, 0.05) is 12.1 Å². The number of piperidine rings is 1. The molecule has 5 nitrogen and oxygen atoms in total. The lowest BCUT2D eigenvalue weighted by Crippen LogP contribution is -2.44. The fourth-order valence-electron chi connectivity index (χ4n) is 2.76. The van der Waals surface area contributed by atoms with Crippen molar-refractivity contribution < 1.29 is 19.4 Å². The van der Waals surface area contributed by atoms with Crippen LogP contribution in [-0.4, -0.2) is 42.3 Å². The highest BCUT2D eigenvalue weighted by molar-refractivity contribution is 5.75. The minimum atomic E-state index is -0.218. The Morgan fingerprint density at radius 1 is 1.43 bits per heavy atom. The number of aromatic hydroxyl groups is 1. The molecule has 1 heterocycles. The molecule has 0 aromatic heterocycles. The van der Waals surface area contributed by atoms with Crippen LogP contribution in [0.15, 0.2) is 18.2 Å². The van der Waals surface area contributed by atoms with Gasteiger partial charge in [0.05, 0.1) is 13.7 Å². The molecule has 0 amide bonds. The minimum absolute atomic E-state index is 0.146. The van der Waals surface area contributed by atoms with E-state index < -0.39 is 0 Å². The summed E-state index contributed by atoms with van der Waals surface area (Å²) >= 11 is 0. The third kappa shape index (κ3) is 3.67. The van der Waals surface area contributed by atoms with Gasteiger partial charge < -0.3 is 14.6 Å². The first-order valence-electron chi connectivity index (χ1n) is 7.43. The molecule has 1 fully saturated rings. The van der Waals surface area contributed by atoms with Crippen molar-refractivity contribution in [2.24, 2.45) is 0 Å². The molecule has 116 valence electrons. The van der Waals surface area contributed by atoms with Gasteiger partial charge >= 0.3 is 5.97 Å². The van der Waals surface area contributed by atoms with E-state index in [1.165, 1.54) is 7.11 Å². The number of hydrogen-bond acceptors (Lipinski definition) is 5. The second-order valence-electron chi connectivity index (χ2n) is 5.20. The first kappa shape index (κ1) is 15.6. The third-order valence-electron chi connectivity index (χ3n) is 3.85. The monoisotopic (exact) mass is 293 g/mol. The SMILES string of the molecule is CCOC(=O)C1CCCCN1Cc1cccc(OC)c1O. The van der Waals surface area contributed by atoms with Gasteiger partial charge in [0.2, 0.25) is 0 Å². The number of hydrogen-bond donors (Lipinski definition) is 1. The molecule has 5 heteroatoms. The number of rotatable bonds is 5. The van der Waals surface area contributed by atoms with Gasteiger partial charge in [0.1, 0.15) is 6.04 Å². The maximum absolute atomic E-state index is 12.1. The number of ether oxygens (including phenoxy) is 2. The van der Waals surface area contributed by atoms with E-state index in [2.05, 4.69) is 4.90 Å². The van der Waals surface area contributed by atoms with E-state index in [-0.39, 0.29) is 17.8 Å². The van der Waals surface area contributed by atoms with Crippen LogP contribution < -0.4 is 4.74 Å². The number of benzene rings is 1. The molecule has 0 saturated carbocycles. The van der Waals surface area contributed by atoms with Crippen molar-refractivity contribution >= 4 is 5.97 Å². The molecule has 1 aliphatic heterocycles. The Balaban J connectivity index is 2.14. The zero-order valence-electron chi connectivity index (χ0n) is 12.7. The summed E-state index contributed by atoms with van der Waals surface area (Å²) in [5.74, 6) is 0.435. The molecule has 1 unspecified atom stereocenters. The Morgan fingerprint density at radius 2 is 2.24 bits per heavy atom. The molecular formula is C16H23NO4. The summed E-state index contributed by atoms with van der Waals surface area (Å²) in [7, 11) is 1.53. The van der Waals surface area contributed by atoms with Crippen LogP contribution in [-0.2, 0) is 16.1 Å². The molecule has 1 N–H and O–H groups in total. The van der Waals surface area contributed by atoms with E-state index in [0.717, 1.165) is 31.4 Å². The lowest BCUT2D eigenvalue weighted by Gasteiger charge is -2.34. The largest absolute Gasteiger partial charge is 0.504 e. The smallest absolute Gasteiger partial charge is 0.323 e. The Kier molecular flexibility index (Phi) is 5.44. The number of methoxy groups -OCH3 is 1. The third-order valence-corrected chi connectivity index (χ3v) is 3.85. The van der Waals surface area contributed by atoms with Crippen LogP contribution >= 0.6 is 0 Å². The number of carbonyl (C=O) groups excluding carboxylic acids is 1. The van der Waals surface area contributed by atoms with Gasteiger partial charge in [0.25, 0.3) is 0 Å². The van der Waals surface area contributed by atoms with Crippen LogP contribution in [0.3, 0.4) is 0 Å². The zero-order chi connectivity index (χ0) is 15.2. The Hall–Kier alpha value is -1.75. The van der Waals surface area contributed by atoms with Gasteiger partial charge in [0.15, 0.2) is 11.5 Å². The van der Waals surface area contributed by atoms with Crippen LogP contribution in [0.2, 0.25) is 0 Å². The molecule has 2 rings (SSSR count). The number of carbonyl (C=O) groups is 1. The summed E-state index contributed by atoms with van der Waals surface area (Å²) in [5, 5.41) is 10.2. The van der Waals surface area contributed by atoms with Gasteiger partial charge in [-0.25, -0.2) is 0 Å². The van der Waals surface area contributed by atoms with Crippen LogP contribution in [0.1, 0.15) is 31.7 Å². The average Bonchev–Trinajstić information content (AvgIpc) is 2.50. The fourth-order valence-corrected chi connectivity index (χ4v) is 2.76. The number of phenolic OH excluding ortho intramolecular Hbond substituents is 1. The average molecular weight is 293 g/mol. The van der Waals surface area contributed by atoms with Crippen LogP contribution in [0, 0.1) is 0 Å². The van der Waals surface area contributed by atoms with E-state index in [4.69, 9.17) is 9.47 Å². The molecule has 1 aliphatic rings. The predicted octanol–water partition coefficient (Wildman–Crippen LogP) is 2.32. The van der Waals surface area contributed by atoms with Crippen molar-refractivity contribution in [3.8, 4) is 11.5 Å². The van der Waals surface area contributed by atoms with Crippen molar-refractivity contribution in [1.82, 2.24) is 4.90 Å². The molecule has 0 bridgehead atoms. The fraction of sp³-hybridized carbons (Fsp3) is 0.562. The molecule has 1 saturated heterocycles. The van der Waals surface area contributed by atoms with E-state index >= 15 is 0 Å². The summed E-state index contributed by atoms with van der Waals surface area (Å²) < 4.78 is 10.3. The summed E-state index contributed by atoms with van der Waals surface area (Å²) in [4.78, 5) is 14.1. The summed E-state index contributed by atoms with van der Waals surface area (Å²) in [6, 6.07) is 5.20. The molecule has 1 aromatic carbocycles. The molecule has 1 atom stereocenters. The molecule has 0 spiro atoms. The normalized spacial score (nSPS) is 19.2. The first-order chi connectivity index (χ1) is 10.2. The lowest BCUT2D eigenvalue weighted by atomic mass is 10.0. The van der Waals surface area contributed by atoms with Gasteiger partial charge in [-0.1, -0.05) is 18.6 Å². The summed E-state index contributed by atoms with van der Waals surface area (Å²) in [6.07, 6.45) is 2.90. The Bertz CT molecular complexity index is 489. The van der Waals surface area contributed by atoms with Crippen molar-refractivity contribution in [3.63, 3.8) is 0 Å². The maximum Gasteiger partial charge on any atom is 0.323 e. The zero-order valence-corrected chi connectivity index (χ0v) is 12.7. The lowest BCUT2D eigenvalue weighted by molar-refractivity contribution is -0.151. The number of esters is 1. The molecule has 21 heavy (non-hydrogen) atoms. The van der Waals surface area contributed by atoms with Crippen molar-refractivity contribution in [2.75, 3.05) is 20.3 Å². The number of nitrogens with zero attached hydrogens (tertiary/aromatic N) is 1. The molecule has 0 aliphatic carbocycles. The maximum atomic E-state index is 12.1. The van der Waals surface area contributed by atoms with Gasteiger partial charge in [-0.3, -0.25) is 9.69 Å². The van der Waals surface area contributed by atoms with Crippen molar-refractivity contribution in [1.29, 1.82) is 0 Å². The Morgan fingerprint density at radius 3 is 2.95 bits per heavy atom. The quantitative estimate of drug-likeness (QED) is 0.844. The van der Waals surface area contributed by atoms with Gasteiger partial charge in [-0.15, -0.1) is 0 Å². The topological polar surface area (TPSA) is 59.0 Å². The Labute approximate surface area is 125 Å². The van der Waals surface area contributed by atoms with E-state index in [9.17, 15) is 9.90 Å². The second kappa shape index (κ2) is 7.31. The van der Waals surface area contributed by atoms with Crippen molar-refractivity contribution in [2.45, 2.75) is 38.8 Å².